The predicted octanol–water partition coefficient (Wildman–Crippen LogP) is 4.57. The minimum atomic E-state index is -0.256. The van der Waals surface area contributed by atoms with Crippen molar-refractivity contribution >= 4 is 17.8 Å². The number of rotatable bonds is 15. The summed E-state index contributed by atoms with van der Waals surface area (Å²) in [6.45, 7) is 27.6. The molecule has 0 radical (unpaired) electrons. The van der Waals surface area contributed by atoms with E-state index in [1.807, 2.05) is 0 Å². The van der Waals surface area contributed by atoms with Gasteiger partial charge in [-0.15, -0.1) is 0 Å². The molecular weight excluding hydrogens is 450 g/mol. The Bertz CT molecular complexity index is 703. The summed E-state index contributed by atoms with van der Waals surface area (Å²) >= 11 is 0. The number of nitrogens with one attached hydrogen (secondary N) is 3. The van der Waals surface area contributed by atoms with E-state index in [2.05, 4.69) is 114 Å². The van der Waals surface area contributed by atoms with Crippen molar-refractivity contribution in [3.8, 4) is 0 Å². The van der Waals surface area contributed by atoms with Crippen molar-refractivity contribution in [1.29, 1.82) is 0 Å². The van der Waals surface area contributed by atoms with Crippen LogP contribution in [0.3, 0.4) is 0 Å². The molecule has 0 aliphatic carbocycles. The highest BCUT2D eigenvalue weighted by Crippen LogP contribution is 2.29. The van der Waals surface area contributed by atoms with E-state index in [0.29, 0.717) is 37.5 Å². The largest absolute Gasteiger partial charge is 0.353 e. The van der Waals surface area contributed by atoms with Crippen LogP contribution in [0.1, 0.15) is 102 Å². The molecule has 0 aromatic carbocycles. The first kappa shape index (κ1) is 32.3. The predicted molar refractivity (Wildman–Crippen MR) is 155 cm³/mol. The second-order valence-electron chi connectivity index (χ2n) is 15.4. The molecule has 0 fully saturated rings. The Hall–Kier alpha value is -1.71. The molecule has 9 heteroatoms. The Labute approximate surface area is 221 Å². The summed E-state index contributed by atoms with van der Waals surface area (Å²) in [7, 11) is 0. The molecule has 0 amide bonds. The van der Waals surface area contributed by atoms with Crippen molar-refractivity contribution in [3.63, 3.8) is 0 Å². The molecule has 210 valence electrons. The van der Waals surface area contributed by atoms with Gasteiger partial charge in [-0.05, 0) is 77.0 Å². The third kappa shape index (κ3) is 14.8. The molecule has 9 nitrogen and oxygen atoms in total. The maximum Gasteiger partial charge on any atom is 0.229 e. The number of hydrogen-bond donors (Lipinski definition) is 6. The van der Waals surface area contributed by atoms with E-state index >= 15 is 0 Å². The Morgan fingerprint density at radius 2 is 0.639 bits per heavy atom. The van der Waals surface area contributed by atoms with Gasteiger partial charge in [0.25, 0.3) is 0 Å². The molecule has 0 bridgehead atoms. The molecule has 9 N–H and O–H groups in total. The first-order valence-corrected chi connectivity index (χ1v) is 13.2. The Kier molecular flexibility index (Phi) is 10.2. The van der Waals surface area contributed by atoms with Crippen molar-refractivity contribution in [2.75, 3.05) is 35.6 Å². The summed E-state index contributed by atoms with van der Waals surface area (Å²) in [4.78, 5) is 14.0. The van der Waals surface area contributed by atoms with Crippen LogP contribution in [-0.4, -0.2) is 51.2 Å². The standard InChI is InChI=1S/C27H57N9/c1-22(2,13-25(7,8)28)16-31-19-34-20(32-17-23(3,4)14-26(9,10)29)36-21(35-19)33-18-24(5,6)15-27(11,12)30/h13-18,28-30H2,1-12H3,(H3,31,32,33,34,35,36). The minimum absolute atomic E-state index is 0.0323. The molecule has 1 aromatic heterocycles. The fourth-order valence-electron chi connectivity index (χ4n) is 5.46. The van der Waals surface area contributed by atoms with Gasteiger partial charge in [0, 0.05) is 36.3 Å². The maximum atomic E-state index is 6.28. The monoisotopic (exact) mass is 507 g/mol. The lowest BCUT2D eigenvalue weighted by atomic mass is 9.80. The Balaban J connectivity index is 3.10. The van der Waals surface area contributed by atoms with Gasteiger partial charge in [0.1, 0.15) is 0 Å². The van der Waals surface area contributed by atoms with Crippen molar-refractivity contribution in [1.82, 2.24) is 15.0 Å². The topological polar surface area (TPSA) is 153 Å². The van der Waals surface area contributed by atoms with Gasteiger partial charge in [-0.2, -0.15) is 15.0 Å². The van der Waals surface area contributed by atoms with E-state index in [-0.39, 0.29) is 32.9 Å². The Morgan fingerprint density at radius 3 is 0.806 bits per heavy atom. The number of hydrogen-bond acceptors (Lipinski definition) is 9. The van der Waals surface area contributed by atoms with E-state index in [1.165, 1.54) is 0 Å². The highest BCUT2D eigenvalue weighted by atomic mass is 15.3. The third-order valence-electron chi connectivity index (χ3n) is 5.61. The average molecular weight is 508 g/mol. The zero-order valence-corrected chi connectivity index (χ0v) is 25.3. The van der Waals surface area contributed by atoms with Gasteiger partial charge in [-0.25, -0.2) is 0 Å². The lowest BCUT2D eigenvalue weighted by Gasteiger charge is -2.33. The van der Waals surface area contributed by atoms with E-state index < -0.39 is 0 Å². The molecule has 0 aliphatic heterocycles. The molecule has 0 atom stereocenters. The van der Waals surface area contributed by atoms with Crippen LogP contribution >= 0.6 is 0 Å². The van der Waals surface area contributed by atoms with E-state index in [4.69, 9.17) is 17.2 Å². The Morgan fingerprint density at radius 1 is 0.444 bits per heavy atom. The molecular formula is C27H57N9. The zero-order chi connectivity index (χ0) is 28.2. The lowest BCUT2D eigenvalue weighted by Crippen LogP contribution is -2.40. The molecule has 0 saturated carbocycles. The van der Waals surface area contributed by atoms with Crippen LogP contribution in [0.5, 0.6) is 0 Å². The zero-order valence-electron chi connectivity index (χ0n) is 25.3. The summed E-state index contributed by atoms with van der Waals surface area (Å²) in [6, 6.07) is 0. The quantitative estimate of drug-likeness (QED) is 0.200. The minimum Gasteiger partial charge on any atom is -0.353 e. The molecule has 0 unspecified atom stereocenters. The summed E-state index contributed by atoms with van der Waals surface area (Å²) in [5.41, 5.74) is 18.0. The van der Waals surface area contributed by atoms with Gasteiger partial charge in [-0.1, -0.05) is 41.5 Å². The van der Waals surface area contributed by atoms with Gasteiger partial charge in [0.15, 0.2) is 0 Å². The van der Waals surface area contributed by atoms with E-state index in [1.54, 1.807) is 0 Å². The molecule has 1 heterocycles. The van der Waals surface area contributed by atoms with Crippen LogP contribution in [0.2, 0.25) is 0 Å². The summed E-state index contributed by atoms with van der Waals surface area (Å²) < 4.78 is 0. The molecule has 0 aliphatic rings. The number of nitrogens with zero attached hydrogens (tertiary/aromatic N) is 3. The second kappa shape index (κ2) is 11.4. The smallest absolute Gasteiger partial charge is 0.229 e. The normalized spacial score (nSPS) is 14.1. The SMILES string of the molecule is CC(C)(N)CC(C)(C)CNc1nc(NCC(C)(C)CC(C)(C)N)nc(NCC(C)(C)CC(C)(C)N)n1. The van der Waals surface area contributed by atoms with Crippen molar-refractivity contribution < 1.29 is 0 Å². The van der Waals surface area contributed by atoms with Crippen LogP contribution in [0.15, 0.2) is 0 Å². The van der Waals surface area contributed by atoms with Crippen LogP contribution < -0.4 is 33.2 Å². The summed E-state index contributed by atoms with van der Waals surface area (Å²) in [6.07, 6.45) is 2.58. The van der Waals surface area contributed by atoms with Crippen molar-refractivity contribution in [3.05, 3.63) is 0 Å². The highest BCUT2D eigenvalue weighted by Gasteiger charge is 2.29. The van der Waals surface area contributed by atoms with Crippen LogP contribution in [0, 0.1) is 16.2 Å². The van der Waals surface area contributed by atoms with Crippen LogP contribution in [-0.2, 0) is 0 Å². The van der Waals surface area contributed by atoms with Gasteiger partial charge < -0.3 is 33.2 Å². The second-order valence-corrected chi connectivity index (χ2v) is 15.4. The van der Waals surface area contributed by atoms with E-state index in [0.717, 1.165) is 19.3 Å². The van der Waals surface area contributed by atoms with Gasteiger partial charge in [0.2, 0.25) is 17.8 Å². The third-order valence-corrected chi connectivity index (χ3v) is 5.61. The molecule has 1 aromatic rings. The number of nitrogens with two attached hydrogens (primary N) is 3. The molecule has 1 rings (SSSR count). The van der Waals surface area contributed by atoms with Gasteiger partial charge >= 0.3 is 0 Å². The molecule has 36 heavy (non-hydrogen) atoms. The van der Waals surface area contributed by atoms with E-state index in [9.17, 15) is 0 Å². The van der Waals surface area contributed by atoms with Crippen molar-refractivity contribution in [2.45, 2.75) is 119 Å². The lowest BCUT2D eigenvalue weighted by molar-refractivity contribution is 0.275. The van der Waals surface area contributed by atoms with Crippen molar-refractivity contribution in [2.24, 2.45) is 33.4 Å². The van der Waals surface area contributed by atoms with Gasteiger partial charge in [-0.3, -0.25) is 0 Å². The van der Waals surface area contributed by atoms with Crippen LogP contribution in [0.25, 0.3) is 0 Å². The maximum absolute atomic E-state index is 6.28. The molecule has 0 spiro atoms. The van der Waals surface area contributed by atoms with Gasteiger partial charge in [0.05, 0.1) is 0 Å². The molecule has 0 saturated heterocycles. The number of aromatic nitrogens is 3. The first-order chi connectivity index (χ1) is 15.9. The summed E-state index contributed by atoms with van der Waals surface area (Å²) in [5, 5.41) is 10.3. The van der Waals surface area contributed by atoms with Crippen LogP contribution in [0.4, 0.5) is 17.8 Å². The fraction of sp³-hybridized carbons (Fsp3) is 0.889. The highest BCUT2D eigenvalue weighted by molar-refractivity contribution is 5.42. The first-order valence-electron chi connectivity index (χ1n) is 13.2. The number of anilines is 3. The summed E-state index contributed by atoms with van der Waals surface area (Å²) in [5.74, 6) is 1.60. The average Bonchev–Trinajstić information content (AvgIpc) is 2.57. The fourth-order valence-corrected chi connectivity index (χ4v) is 5.46.